The first-order valence-corrected chi connectivity index (χ1v) is 9.21. The fraction of sp³-hybridized carbons (Fsp3) is 0.786. The summed E-state index contributed by atoms with van der Waals surface area (Å²) in [5, 5.41) is 0. The fourth-order valence-electron chi connectivity index (χ4n) is 3.40. The Balaban J connectivity index is 1.72. The number of H-pyrrole nitrogens is 1. The van der Waals surface area contributed by atoms with Crippen LogP contribution >= 0.6 is 0 Å². The molecule has 3 rings (SSSR count). The van der Waals surface area contributed by atoms with E-state index < -0.39 is 10.2 Å². The molecule has 0 radical (unpaired) electrons. The highest BCUT2D eigenvalue weighted by molar-refractivity contribution is 7.86. The summed E-state index contributed by atoms with van der Waals surface area (Å²) in [5.41, 5.74) is 0. The topological polar surface area (TPSA) is 69.3 Å². The lowest BCUT2D eigenvalue weighted by molar-refractivity contribution is 0.239. The van der Waals surface area contributed by atoms with E-state index in [1.165, 1.54) is 0 Å². The van der Waals surface area contributed by atoms with Gasteiger partial charge in [-0.2, -0.15) is 17.0 Å². The molecule has 2 saturated heterocycles. The van der Waals surface area contributed by atoms with Crippen LogP contribution in [-0.4, -0.2) is 53.2 Å². The third-order valence-corrected chi connectivity index (χ3v) is 6.53. The standard InChI is InChI=1S/C14H24N4O2S/c1-12-4-2-8-17(10-12)21(19,20)18-9-3-5-13(11-18)14-15-6-7-16-14/h6-7,12-13H,2-5,8-11H2,1H3,(H,15,16)/t12-,13-/m1/s1. The first-order chi connectivity index (χ1) is 10.1. The molecule has 2 aliphatic rings. The molecule has 0 bridgehead atoms. The zero-order valence-corrected chi connectivity index (χ0v) is 13.3. The summed E-state index contributed by atoms with van der Waals surface area (Å²) in [5.74, 6) is 1.55. The van der Waals surface area contributed by atoms with Crippen molar-refractivity contribution in [2.45, 2.75) is 38.5 Å². The second-order valence-electron chi connectivity index (χ2n) is 6.28. The van der Waals surface area contributed by atoms with Gasteiger partial charge in [0.25, 0.3) is 10.2 Å². The molecule has 2 fully saturated rings. The van der Waals surface area contributed by atoms with E-state index in [0.717, 1.165) is 31.5 Å². The summed E-state index contributed by atoms with van der Waals surface area (Å²) in [4.78, 5) is 7.41. The number of aromatic nitrogens is 2. The Morgan fingerprint density at radius 1 is 1.19 bits per heavy atom. The van der Waals surface area contributed by atoms with Gasteiger partial charge in [-0.1, -0.05) is 6.92 Å². The van der Waals surface area contributed by atoms with Crippen LogP contribution in [0, 0.1) is 5.92 Å². The molecule has 1 aromatic rings. The number of hydrogen-bond donors (Lipinski definition) is 1. The van der Waals surface area contributed by atoms with Gasteiger partial charge in [0, 0.05) is 44.5 Å². The van der Waals surface area contributed by atoms with Gasteiger partial charge >= 0.3 is 0 Å². The summed E-state index contributed by atoms with van der Waals surface area (Å²) in [6.45, 7) is 4.62. The molecule has 0 saturated carbocycles. The van der Waals surface area contributed by atoms with Crippen molar-refractivity contribution in [2.24, 2.45) is 5.92 Å². The van der Waals surface area contributed by atoms with Gasteiger partial charge in [-0.15, -0.1) is 0 Å². The minimum atomic E-state index is -3.32. The lowest BCUT2D eigenvalue weighted by Gasteiger charge is -2.37. The smallest absolute Gasteiger partial charge is 0.282 e. The first-order valence-electron chi connectivity index (χ1n) is 7.82. The molecule has 21 heavy (non-hydrogen) atoms. The van der Waals surface area contributed by atoms with Gasteiger partial charge in [0.15, 0.2) is 0 Å². The molecule has 0 spiro atoms. The minimum Gasteiger partial charge on any atom is -0.348 e. The van der Waals surface area contributed by atoms with Gasteiger partial charge < -0.3 is 4.98 Å². The van der Waals surface area contributed by atoms with E-state index in [1.54, 1.807) is 21.0 Å². The van der Waals surface area contributed by atoms with Crippen molar-refractivity contribution in [3.8, 4) is 0 Å². The number of nitrogens with zero attached hydrogens (tertiary/aromatic N) is 3. The summed E-state index contributed by atoms with van der Waals surface area (Å²) in [7, 11) is -3.32. The van der Waals surface area contributed by atoms with Crippen molar-refractivity contribution in [3.05, 3.63) is 18.2 Å². The van der Waals surface area contributed by atoms with E-state index in [4.69, 9.17) is 0 Å². The van der Waals surface area contributed by atoms with Crippen LogP contribution in [0.2, 0.25) is 0 Å². The van der Waals surface area contributed by atoms with Gasteiger partial charge in [-0.05, 0) is 31.6 Å². The molecule has 3 heterocycles. The normalized spacial score (nSPS) is 29.6. The third kappa shape index (κ3) is 3.14. The predicted molar refractivity (Wildman–Crippen MR) is 81.0 cm³/mol. The van der Waals surface area contributed by atoms with Gasteiger partial charge in [-0.25, -0.2) is 4.98 Å². The van der Waals surface area contributed by atoms with E-state index in [2.05, 4.69) is 16.9 Å². The number of aromatic amines is 1. The Hall–Kier alpha value is -0.920. The van der Waals surface area contributed by atoms with Gasteiger partial charge in [0.2, 0.25) is 0 Å². The monoisotopic (exact) mass is 312 g/mol. The van der Waals surface area contributed by atoms with E-state index in [-0.39, 0.29) is 5.92 Å². The van der Waals surface area contributed by atoms with Gasteiger partial charge in [0.1, 0.15) is 5.82 Å². The number of imidazole rings is 1. The third-order valence-electron chi connectivity index (χ3n) is 4.56. The van der Waals surface area contributed by atoms with Crippen LogP contribution in [0.4, 0.5) is 0 Å². The van der Waals surface area contributed by atoms with E-state index >= 15 is 0 Å². The molecule has 118 valence electrons. The average Bonchev–Trinajstić information content (AvgIpc) is 3.02. The van der Waals surface area contributed by atoms with Crippen molar-refractivity contribution in [1.29, 1.82) is 0 Å². The molecule has 7 heteroatoms. The lowest BCUT2D eigenvalue weighted by Crippen LogP contribution is -2.50. The molecule has 0 amide bonds. The van der Waals surface area contributed by atoms with Gasteiger partial charge in [-0.3, -0.25) is 0 Å². The Labute approximate surface area is 126 Å². The summed E-state index contributed by atoms with van der Waals surface area (Å²) >= 11 is 0. The lowest BCUT2D eigenvalue weighted by atomic mass is 9.99. The van der Waals surface area contributed by atoms with E-state index in [9.17, 15) is 8.42 Å². The van der Waals surface area contributed by atoms with Crippen molar-refractivity contribution in [2.75, 3.05) is 26.2 Å². The van der Waals surface area contributed by atoms with Crippen molar-refractivity contribution in [3.63, 3.8) is 0 Å². The SMILES string of the molecule is C[C@@H]1CCCN(S(=O)(=O)N2CCC[C@@H](c3ncc[nH]3)C2)C1. The molecule has 1 aromatic heterocycles. The summed E-state index contributed by atoms with van der Waals surface area (Å²) < 4.78 is 29.0. The molecule has 0 aliphatic carbocycles. The van der Waals surface area contributed by atoms with Crippen LogP contribution in [0.1, 0.15) is 44.3 Å². The maximum Gasteiger partial charge on any atom is 0.282 e. The van der Waals surface area contributed by atoms with Crippen molar-refractivity contribution >= 4 is 10.2 Å². The summed E-state index contributed by atoms with van der Waals surface area (Å²) in [6.07, 6.45) is 7.52. The highest BCUT2D eigenvalue weighted by Crippen LogP contribution is 2.28. The molecule has 2 aliphatic heterocycles. The minimum absolute atomic E-state index is 0.186. The van der Waals surface area contributed by atoms with E-state index in [1.807, 2.05) is 0 Å². The maximum atomic E-state index is 12.8. The van der Waals surface area contributed by atoms with Crippen molar-refractivity contribution in [1.82, 2.24) is 18.6 Å². The van der Waals surface area contributed by atoms with Crippen LogP contribution in [0.15, 0.2) is 12.4 Å². The molecule has 0 unspecified atom stereocenters. The van der Waals surface area contributed by atoms with Crippen molar-refractivity contribution < 1.29 is 8.42 Å². The number of hydrogen-bond acceptors (Lipinski definition) is 3. The quantitative estimate of drug-likeness (QED) is 0.921. The Bertz CT molecular complexity index is 558. The zero-order valence-electron chi connectivity index (χ0n) is 12.5. The highest BCUT2D eigenvalue weighted by atomic mass is 32.2. The fourth-order valence-corrected chi connectivity index (χ4v) is 5.25. The maximum absolute atomic E-state index is 12.8. The first kappa shape index (κ1) is 15.0. The summed E-state index contributed by atoms with van der Waals surface area (Å²) in [6, 6.07) is 0. The second-order valence-corrected chi connectivity index (χ2v) is 8.21. The van der Waals surface area contributed by atoms with Crippen LogP contribution in [-0.2, 0) is 10.2 Å². The Morgan fingerprint density at radius 2 is 1.90 bits per heavy atom. The highest BCUT2D eigenvalue weighted by Gasteiger charge is 2.36. The second kappa shape index (κ2) is 6.06. The predicted octanol–water partition coefficient (Wildman–Crippen LogP) is 1.57. The van der Waals surface area contributed by atoms with Crippen LogP contribution in [0.5, 0.6) is 0 Å². The molecule has 6 nitrogen and oxygen atoms in total. The van der Waals surface area contributed by atoms with Crippen LogP contribution < -0.4 is 0 Å². The van der Waals surface area contributed by atoms with Crippen LogP contribution in [0.25, 0.3) is 0 Å². The van der Waals surface area contributed by atoms with Crippen LogP contribution in [0.3, 0.4) is 0 Å². The number of nitrogens with one attached hydrogen (secondary N) is 1. The Kier molecular flexibility index (Phi) is 4.33. The Morgan fingerprint density at radius 3 is 2.57 bits per heavy atom. The number of rotatable bonds is 3. The average molecular weight is 312 g/mol. The molecule has 0 aromatic carbocycles. The molecular weight excluding hydrogens is 288 g/mol. The molecular formula is C14H24N4O2S. The molecule has 1 N–H and O–H groups in total. The zero-order chi connectivity index (χ0) is 14.9. The van der Waals surface area contributed by atoms with E-state index in [0.29, 0.717) is 32.1 Å². The number of piperidine rings is 2. The molecule has 2 atom stereocenters. The largest absolute Gasteiger partial charge is 0.348 e. The van der Waals surface area contributed by atoms with Gasteiger partial charge in [0.05, 0.1) is 0 Å².